The highest BCUT2D eigenvalue weighted by Gasteiger charge is 2.32. The van der Waals surface area contributed by atoms with Gasteiger partial charge in [0.25, 0.3) is 0 Å². The summed E-state index contributed by atoms with van der Waals surface area (Å²) in [5, 5.41) is 4.04. The van der Waals surface area contributed by atoms with E-state index in [1.165, 1.54) is 13.4 Å². The number of aromatic nitrogens is 4. The Bertz CT molecular complexity index is 891. The molecule has 4 heterocycles. The first kappa shape index (κ1) is 16.4. The molecule has 0 bridgehead atoms. The third-order valence-electron chi connectivity index (χ3n) is 4.27. The van der Waals surface area contributed by atoms with E-state index >= 15 is 0 Å². The summed E-state index contributed by atoms with van der Waals surface area (Å²) in [5.41, 5.74) is 0.830. The molecule has 4 rings (SSSR count). The van der Waals surface area contributed by atoms with Crippen LogP contribution in [0.2, 0.25) is 0 Å². The molecule has 0 spiro atoms. The van der Waals surface area contributed by atoms with E-state index in [4.69, 9.17) is 8.94 Å². The number of nitrogens with zero attached hydrogens (tertiary/aromatic N) is 5. The maximum atomic E-state index is 11.5. The Kier molecular flexibility index (Phi) is 4.44. The van der Waals surface area contributed by atoms with E-state index < -0.39 is 5.97 Å². The van der Waals surface area contributed by atoms with Gasteiger partial charge in [0.05, 0.1) is 19.7 Å². The molecule has 0 unspecified atom stereocenters. The second-order valence-electron chi connectivity index (χ2n) is 5.92. The Hall–Kier alpha value is -3.07. The lowest BCUT2D eigenvalue weighted by molar-refractivity contribution is 0.0594. The van der Waals surface area contributed by atoms with Gasteiger partial charge < -0.3 is 13.7 Å². The topological polar surface area (TPSA) is 107 Å². The van der Waals surface area contributed by atoms with Gasteiger partial charge in [0.15, 0.2) is 5.69 Å². The lowest BCUT2D eigenvalue weighted by Crippen LogP contribution is -2.23. The van der Waals surface area contributed by atoms with Gasteiger partial charge in [0.2, 0.25) is 17.6 Å². The third kappa shape index (κ3) is 3.21. The summed E-state index contributed by atoms with van der Waals surface area (Å²) in [7, 11) is 1.31. The summed E-state index contributed by atoms with van der Waals surface area (Å²) in [4.78, 5) is 26.5. The number of methoxy groups -OCH3 is 1. The molecule has 3 aromatic rings. The van der Waals surface area contributed by atoms with Crippen LogP contribution in [-0.4, -0.2) is 44.6 Å². The van der Waals surface area contributed by atoms with Crippen molar-refractivity contribution in [1.29, 1.82) is 0 Å². The Morgan fingerprint density at radius 2 is 2.31 bits per heavy atom. The summed E-state index contributed by atoms with van der Waals surface area (Å²) in [6.45, 7) is 1.30. The molecular weight excluding hydrogens is 338 g/mol. The van der Waals surface area contributed by atoms with Gasteiger partial charge in [-0.2, -0.15) is 4.98 Å². The summed E-state index contributed by atoms with van der Waals surface area (Å²) in [6.07, 6.45) is 4.89. The molecule has 0 saturated carbocycles. The van der Waals surface area contributed by atoms with Gasteiger partial charge in [0, 0.05) is 6.20 Å². The second-order valence-corrected chi connectivity index (χ2v) is 5.92. The Morgan fingerprint density at radius 3 is 3.12 bits per heavy atom. The van der Waals surface area contributed by atoms with Crippen molar-refractivity contribution in [3.63, 3.8) is 0 Å². The normalized spacial score (nSPS) is 17.5. The molecule has 9 heteroatoms. The minimum absolute atomic E-state index is 0.0200. The van der Waals surface area contributed by atoms with Crippen LogP contribution < -0.4 is 0 Å². The van der Waals surface area contributed by atoms with Crippen molar-refractivity contribution in [2.75, 3.05) is 13.7 Å². The first-order valence-corrected chi connectivity index (χ1v) is 8.26. The first-order valence-electron chi connectivity index (χ1n) is 8.26. The van der Waals surface area contributed by atoms with E-state index in [0.29, 0.717) is 29.8 Å². The number of carbonyl (C=O) groups excluding carboxylic acids is 1. The van der Waals surface area contributed by atoms with Crippen molar-refractivity contribution in [2.45, 2.75) is 25.4 Å². The van der Waals surface area contributed by atoms with Gasteiger partial charge in [-0.1, -0.05) is 11.2 Å². The Balaban J connectivity index is 1.49. The molecule has 26 heavy (non-hydrogen) atoms. The van der Waals surface area contributed by atoms with E-state index in [1.54, 1.807) is 6.20 Å². The number of carbonyl (C=O) groups is 1. The zero-order valence-corrected chi connectivity index (χ0v) is 14.2. The molecule has 1 atom stereocenters. The second kappa shape index (κ2) is 7.04. The average molecular weight is 355 g/mol. The van der Waals surface area contributed by atoms with Gasteiger partial charge in [-0.25, -0.2) is 9.78 Å². The molecule has 0 aliphatic carbocycles. The predicted octanol–water partition coefficient (Wildman–Crippen LogP) is 2.24. The molecule has 9 nitrogen and oxygen atoms in total. The molecular formula is C17H17N5O4. The highest BCUT2D eigenvalue weighted by atomic mass is 16.5. The van der Waals surface area contributed by atoms with Crippen LogP contribution in [0.4, 0.5) is 0 Å². The SMILES string of the molecule is COC(=O)c1coc(CN2CCC[C@H]2c2nc(-c3ccccn3)no2)n1. The number of rotatable bonds is 5. The maximum Gasteiger partial charge on any atom is 0.360 e. The number of likely N-dealkylation sites (tertiary alicyclic amines) is 1. The molecule has 0 radical (unpaired) electrons. The fourth-order valence-electron chi connectivity index (χ4n) is 3.02. The Labute approximate surface area is 149 Å². The molecule has 1 fully saturated rings. The van der Waals surface area contributed by atoms with Crippen molar-refractivity contribution in [2.24, 2.45) is 0 Å². The van der Waals surface area contributed by atoms with Crippen LogP contribution in [0.25, 0.3) is 11.5 Å². The molecule has 0 aromatic carbocycles. The number of pyridine rings is 1. The number of ether oxygens (including phenoxy) is 1. The van der Waals surface area contributed by atoms with Crippen LogP contribution in [0.3, 0.4) is 0 Å². The maximum absolute atomic E-state index is 11.5. The van der Waals surface area contributed by atoms with Crippen molar-refractivity contribution in [1.82, 2.24) is 25.0 Å². The minimum atomic E-state index is -0.519. The summed E-state index contributed by atoms with van der Waals surface area (Å²) >= 11 is 0. The number of esters is 1. The molecule has 3 aromatic heterocycles. The highest BCUT2D eigenvalue weighted by molar-refractivity contribution is 5.86. The summed E-state index contributed by atoms with van der Waals surface area (Å²) in [6, 6.07) is 5.53. The molecule has 134 valence electrons. The van der Waals surface area contributed by atoms with Crippen molar-refractivity contribution in [3.8, 4) is 11.5 Å². The zero-order valence-electron chi connectivity index (χ0n) is 14.2. The van der Waals surface area contributed by atoms with Crippen molar-refractivity contribution >= 4 is 5.97 Å². The lowest BCUT2D eigenvalue weighted by Gasteiger charge is -2.19. The number of hydrogen-bond acceptors (Lipinski definition) is 9. The summed E-state index contributed by atoms with van der Waals surface area (Å²) < 4.78 is 15.5. The van der Waals surface area contributed by atoms with Gasteiger partial charge in [-0.15, -0.1) is 0 Å². The molecule has 0 N–H and O–H groups in total. The fourth-order valence-corrected chi connectivity index (χ4v) is 3.02. The highest BCUT2D eigenvalue weighted by Crippen LogP contribution is 2.32. The van der Waals surface area contributed by atoms with Crippen LogP contribution in [-0.2, 0) is 11.3 Å². The smallest absolute Gasteiger partial charge is 0.360 e. The van der Waals surface area contributed by atoms with Gasteiger partial charge in [-0.05, 0) is 31.5 Å². The standard InChI is InChI=1S/C17H17N5O4/c1-24-17(23)12-10-25-14(19-12)9-22-8-4-6-13(22)16-20-15(21-26-16)11-5-2-3-7-18-11/h2-3,5,7,10,13H,4,6,8-9H2,1H3/t13-/m0/s1. The quantitative estimate of drug-likeness (QED) is 0.637. The molecule has 1 aliphatic heterocycles. The molecule has 1 saturated heterocycles. The van der Waals surface area contributed by atoms with Gasteiger partial charge in [-0.3, -0.25) is 9.88 Å². The predicted molar refractivity (Wildman–Crippen MR) is 87.8 cm³/mol. The average Bonchev–Trinajstić information content (AvgIpc) is 3.42. The number of oxazole rings is 1. The largest absolute Gasteiger partial charge is 0.464 e. The molecule has 0 amide bonds. The fraction of sp³-hybridized carbons (Fsp3) is 0.353. The van der Waals surface area contributed by atoms with Crippen LogP contribution >= 0.6 is 0 Å². The molecule has 1 aliphatic rings. The van der Waals surface area contributed by atoms with Crippen LogP contribution in [0.5, 0.6) is 0 Å². The third-order valence-corrected chi connectivity index (χ3v) is 4.27. The Morgan fingerprint density at radius 1 is 1.38 bits per heavy atom. The van der Waals surface area contributed by atoms with E-state index in [0.717, 1.165) is 19.4 Å². The van der Waals surface area contributed by atoms with E-state index in [2.05, 4.69) is 29.7 Å². The van der Waals surface area contributed by atoms with Crippen LogP contribution in [0.1, 0.15) is 41.2 Å². The van der Waals surface area contributed by atoms with E-state index in [1.807, 2.05) is 18.2 Å². The van der Waals surface area contributed by atoms with Gasteiger partial charge in [0.1, 0.15) is 12.0 Å². The van der Waals surface area contributed by atoms with Gasteiger partial charge >= 0.3 is 5.97 Å². The van der Waals surface area contributed by atoms with E-state index in [9.17, 15) is 4.79 Å². The zero-order chi connectivity index (χ0) is 17.9. The van der Waals surface area contributed by atoms with E-state index in [-0.39, 0.29) is 11.7 Å². The van der Waals surface area contributed by atoms with Crippen LogP contribution in [0.15, 0.2) is 39.6 Å². The minimum Gasteiger partial charge on any atom is -0.464 e. The monoisotopic (exact) mass is 355 g/mol. The lowest BCUT2D eigenvalue weighted by atomic mass is 10.2. The summed E-state index contributed by atoms with van der Waals surface area (Å²) in [5.74, 6) is 0.941. The van der Waals surface area contributed by atoms with Crippen molar-refractivity contribution < 1.29 is 18.5 Å². The first-order chi connectivity index (χ1) is 12.7. The number of hydrogen-bond donors (Lipinski definition) is 0. The van der Waals surface area contributed by atoms with Crippen molar-refractivity contribution in [3.05, 3.63) is 48.1 Å². The van der Waals surface area contributed by atoms with Crippen LogP contribution in [0, 0.1) is 0 Å².